The van der Waals surface area contributed by atoms with Crippen molar-refractivity contribution in [3.05, 3.63) is 30.5 Å². The number of nitrogens with zero attached hydrogens (tertiary/aromatic N) is 6. The summed E-state index contributed by atoms with van der Waals surface area (Å²) in [7, 11) is 2.03. The predicted molar refractivity (Wildman–Crippen MR) is 117 cm³/mol. The van der Waals surface area contributed by atoms with Crippen molar-refractivity contribution in [2.75, 3.05) is 36.0 Å². The average molecular weight is 409 g/mol. The average Bonchev–Trinajstić information content (AvgIpc) is 3.11. The molecule has 2 aliphatic heterocycles. The summed E-state index contributed by atoms with van der Waals surface area (Å²) in [6.07, 6.45) is 4.47. The highest BCUT2D eigenvalue weighted by Gasteiger charge is 2.25. The molecule has 8 nitrogen and oxygen atoms in total. The molecule has 0 amide bonds. The zero-order chi connectivity index (χ0) is 20.7. The van der Waals surface area contributed by atoms with Gasteiger partial charge in [-0.25, -0.2) is 0 Å². The number of hydrogen-bond acceptors (Lipinski definition) is 7. The Labute approximate surface area is 175 Å². The van der Waals surface area contributed by atoms with Gasteiger partial charge in [-0.1, -0.05) is 18.2 Å². The highest BCUT2D eigenvalue weighted by Crippen LogP contribution is 2.31. The fourth-order valence-corrected chi connectivity index (χ4v) is 4.41. The van der Waals surface area contributed by atoms with Crippen LogP contribution in [0.2, 0.25) is 0 Å². The van der Waals surface area contributed by atoms with Crippen LogP contribution in [0.15, 0.2) is 30.5 Å². The van der Waals surface area contributed by atoms with Crippen LogP contribution in [0.1, 0.15) is 25.7 Å². The minimum Gasteiger partial charge on any atom is -0.393 e. The zero-order valence-corrected chi connectivity index (χ0v) is 17.3. The van der Waals surface area contributed by atoms with Gasteiger partial charge in [0, 0.05) is 55.9 Å². The lowest BCUT2D eigenvalue weighted by molar-refractivity contribution is 0.145. The van der Waals surface area contributed by atoms with E-state index < -0.39 is 0 Å². The first-order chi connectivity index (χ1) is 14.6. The second kappa shape index (κ2) is 7.85. The Morgan fingerprint density at radius 3 is 1.90 bits per heavy atom. The second-order valence-electron chi connectivity index (χ2n) is 8.37. The van der Waals surface area contributed by atoms with E-state index in [-0.39, 0.29) is 12.2 Å². The van der Waals surface area contributed by atoms with Crippen LogP contribution in [0.5, 0.6) is 0 Å². The van der Waals surface area contributed by atoms with Crippen molar-refractivity contribution in [3.63, 3.8) is 0 Å². The van der Waals surface area contributed by atoms with Gasteiger partial charge >= 0.3 is 0 Å². The number of aliphatic hydroxyl groups excluding tert-OH is 2. The minimum atomic E-state index is -0.247. The molecule has 30 heavy (non-hydrogen) atoms. The number of aryl methyl sites for hydroxylation is 1. The first kappa shape index (κ1) is 19.3. The third-order valence-electron chi connectivity index (χ3n) is 6.24. The Hall–Kier alpha value is -2.71. The molecule has 2 aliphatic rings. The van der Waals surface area contributed by atoms with Crippen LogP contribution >= 0.6 is 0 Å². The van der Waals surface area contributed by atoms with Gasteiger partial charge in [0.1, 0.15) is 0 Å². The number of fused-ring (bicyclic) bond motifs is 1. The van der Waals surface area contributed by atoms with Gasteiger partial charge in [0.05, 0.1) is 12.2 Å². The Balaban J connectivity index is 1.59. The van der Waals surface area contributed by atoms with Crippen molar-refractivity contribution in [1.82, 2.24) is 19.5 Å². The fraction of sp³-hybridized carbons (Fsp3) is 0.500. The highest BCUT2D eigenvalue weighted by atomic mass is 16.3. The maximum Gasteiger partial charge on any atom is 0.230 e. The normalized spacial score (nSPS) is 19.0. The van der Waals surface area contributed by atoms with E-state index in [1.54, 1.807) is 0 Å². The van der Waals surface area contributed by atoms with Gasteiger partial charge in [-0.2, -0.15) is 15.0 Å². The van der Waals surface area contributed by atoms with Gasteiger partial charge < -0.3 is 24.6 Å². The summed E-state index contributed by atoms with van der Waals surface area (Å²) < 4.78 is 2.10. The summed E-state index contributed by atoms with van der Waals surface area (Å²) in [6, 6.07) is 8.27. The number of piperidine rings is 2. The van der Waals surface area contributed by atoms with E-state index in [1.807, 2.05) is 19.2 Å². The van der Waals surface area contributed by atoms with Crippen molar-refractivity contribution < 1.29 is 10.2 Å². The molecule has 2 saturated heterocycles. The van der Waals surface area contributed by atoms with E-state index in [9.17, 15) is 10.2 Å². The van der Waals surface area contributed by atoms with Crippen molar-refractivity contribution in [2.24, 2.45) is 7.05 Å². The minimum absolute atomic E-state index is 0.247. The molecule has 0 saturated carbocycles. The summed E-state index contributed by atoms with van der Waals surface area (Å²) >= 11 is 0. The van der Waals surface area contributed by atoms with Gasteiger partial charge in [0.2, 0.25) is 11.9 Å². The molecule has 1 aromatic carbocycles. The molecule has 5 rings (SSSR count). The van der Waals surface area contributed by atoms with Crippen LogP contribution in [-0.4, -0.2) is 68.1 Å². The van der Waals surface area contributed by atoms with Gasteiger partial charge in [-0.05, 0) is 31.7 Å². The second-order valence-corrected chi connectivity index (χ2v) is 8.37. The summed E-state index contributed by atoms with van der Waals surface area (Å²) in [5.74, 6) is 2.01. The molecule has 8 heteroatoms. The Kier molecular flexibility index (Phi) is 5.04. The van der Waals surface area contributed by atoms with E-state index in [1.165, 1.54) is 0 Å². The molecule has 158 valence electrons. The van der Waals surface area contributed by atoms with Crippen LogP contribution in [0.4, 0.5) is 11.9 Å². The summed E-state index contributed by atoms with van der Waals surface area (Å²) in [6.45, 7) is 2.94. The largest absolute Gasteiger partial charge is 0.393 e. The topological polar surface area (TPSA) is 90.5 Å². The van der Waals surface area contributed by atoms with E-state index in [4.69, 9.17) is 15.0 Å². The van der Waals surface area contributed by atoms with E-state index in [0.29, 0.717) is 17.7 Å². The number of hydrogen-bond donors (Lipinski definition) is 2. The molecule has 4 heterocycles. The van der Waals surface area contributed by atoms with Gasteiger partial charge in [0.15, 0.2) is 5.82 Å². The van der Waals surface area contributed by atoms with E-state index >= 15 is 0 Å². The number of aromatic nitrogens is 4. The first-order valence-electron chi connectivity index (χ1n) is 10.7. The van der Waals surface area contributed by atoms with Crippen molar-refractivity contribution in [1.29, 1.82) is 0 Å². The predicted octanol–water partition coefficient (Wildman–Crippen LogP) is 1.95. The first-order valence-corrected chi connectivity index (χ1v) is 10.7. The quantitative estimate of drug-likeness (QED) is 0.685. The number of aliphatic hydroxyl groups is 2. The van der Waals surface area contributed by atoms with Crippen LogP contribution in [0.25, 0.3) is 22.3 Å². The standard InChI is InChI=1S/C22H28N6O2/c1-26-14-18(17-4-2-3-5-19(17)26)20-23-21(27-10-6-15(29)7-11-27)25-22(24-20)28-12-8-16(30)9-13-28/h2-5,14-16,29-30H,6-13H2,1H3. The molecular weight excluding hydrogens is 380 g/mol. The van der Waals surface area contributed by atoms with Crippen LogP contribution in [0.3, 0.4) is 0 Å². The zero-order valence-electron chi connectivity index (χ0n) is 17.3. The third-order valence-corrected chi connectivity index (χ3v) is 6.24. The molecular formula is C22H28N6O2. The van der Waals surface area contributed by atoms with Crippen molar-refractivity contribution in [3.8, 4) is 11.4 Å². The van der Waals surface area contributed by atoms with E-state index in [0.717, 1.165) is 68.3 Å². The smallest absolute Gasteiger partial charge is 0.230 e. The van der Waals surface area contributed by atoms with Crippen LogP contribution in [-0.2, 0) is 7.05 Å². The lowest BCUT2D eigenvalue weighted by Crippen LogP contribution is -2.39. The highest BCUT2D eigenvalue weighted by molar-refractivity contribution is 5.94. The van der Waals surface area contributed by atoms with Crippen LogP contribution < -0.4 is 9.80 Å². The molecule has 0 bridgehead atoms. The van der Waals surface area contributed by atoms with Crippen molar-refractivity contribution in [2.45, 2.75) is 37.9 Å². The van der Waals surface area contributed by atoms with Gasteiger partial charge in [-0.15, -0.1) is 0 Å². The SMILES string of the molecule is Cn1cc(-c2nc(N3CCC(O)CC3)nc(N3CCC(O)CC3)n2)c2ccccc21. The lowest BCUT2D eigenvalue weighted by Gasteiger charge is -2.32. The summed E-state index contributed by atoms with van der Waals surface area (Å²) in [5, 5.41) is 20.9. The maximum atomic E-state index is 9.90. The van der Waals surface area contributed by atoms with Crippen LogP contribution in [0, 0.1) is 0 Å². The molecule has 2 fully saturated rings. The monoisotopic (exact) mass is 408 g/mol. The maximum absolute atomic E-state index is 9.90. The molecule has 0 radical (unpaired) electrons. The Morgan fingerprint density at radius 1 is 0.800 bits per heavy atom. The molecule has 2 N–H and O–H groups in total. The third kappa shape index (κ3) is 3.61. The van der Waals surface area contributed by atoms with Gasteiger partial charge in [-0.3, -0.25) is 0 Å². The molecule has 0 unspecified atom stereocenters. The van der Waals surface area contributed by atoms with Crippen molar-refractivity contribution >= 4 is 22.8 Å². The number of rotatable bonds is 3. The molecule has 3 aromatic rings. The fourth-order valence-electron chi connectivity index (χ4n) is 4.41. The summed E-state index contributed by atoms with van der Waals surface area (Å²) in [5.41, 5.74) is 2.13. The molecule has 0 aliphatic carbocycles. The number of benzene rings is 1. The Morgan fingerprint density at radius 2 is 1.33 bits per heavy atom. The number of anilines is 2. The molecule has 2 aromatic heterocycles. The van der Waals surface area contributed by atoms with E-state index in [2.05, 4.69) is 32.7 Å². The lowest BCUT2D eigenvalue weighted by atomic mass is 10.1. The number of para-hydroxylation sites is 1. The van der Waals surface area contributed by atoms with Gasteiger partial charge in [0.25, 0.3) is 0 Å². The molecule has 0 atom stereocenters. The Bertz CT molecular complexity index is 995. The molecule has 0 spiro atoms. The summed E-state index contributed by atoms with van der Waals surface area (Å²) in [4.78, 5) is 18.8.